The number of ether oxygens (including phenoxy) is 1. The Morgan fingerprint density at radius 1 is 1.32 bits per heavy atom. The van der Waals surface area contributed by atoms with Gasteiger partial charge in [0.1, 0.15) is 0 Å². The number of nitrogens with one attached hydrogen (secondary N) is 1. The van der Waals surface area contributed by atoms with E-state index in [2.05, 4.69) is 31.1 Å². The molecule has 2 aliphatic rings. The van der Waals surface area contributed by atoms with E-state index in [0.29, 0.717) is 11.5 Å². The van der Waals surface area contributed by atoms with Crippen LogP contribution in [0.5, 0.6) is 0 Å². The largest absolute Gasteiger partial charge is 0.384 e. The molecule has 1 aliphatic carbocycles. The van der Waals surface area contributed by atoms with E-state index >= 15 is 0 Å². The molecule has 1 aliphatic heterocycles. The van der Waals surface area contributed by atoms with Gasteiger partial charge >= 0.3 is 0 Å². The van der Waals surface area contributed by atoms with Gasteiger partial charge in [-0.15, -0.1) is 0 Å². The zero-order chi connectivity index (χ0) is 13.9. The summed E-state index contributed by atoms with van der Waals surface area (Å²) >= 11 is 0. The van der Waals surface area contributed by atoms with Crippen molar-refractivity contribution in [1.82, 2.24) is 10.2 Å². The first-order chi connectivity index (χ1) is 9.06. The smallest absolute Gasteiger partial charge is 0.0502 e. The van der Waals surface area contributed by atoms with E-state index < -0.39 is 0 Å². The molecule has 3 unspecified atom stereocenters. The minimum absolute atomic E-state index is 0.459. The monoisotopic (exact) mass is 268 g/mol. The third-order valence-electron chi connectivity index (χ3n) is 5.28. The Hall–Kier alpha value is -0.120. The second-order valence-electron chi connectivity index (χ2n) is 7.28. The molecule has 1 heterocycles. The fraction of sp³-hybridized carbons (Fsp3) is 1.00. The average Bonchev–Trinajstić information content (AvgIpc) is 2.65. The van der Waals surface area contributed by atoms with Crippen LogP contribution in [0.4, 0.5) is 0 Å². The molecule has 0 bridgehead atoms. The van der Waals surface area contributed by atoms with Crippen molar-refractivity contribution in [3.05, 3.63) is 0 Å². The van der Waals surface area contributed by atoms with Crippen LogP contribution in [0.15, 0.2) is 0 Å². The van der Waals surface area contributed by atoms with Gasteiger partial charge in [-0.2, -0.15) is 0 Å². The fourth-order valence-corrected chi connectivity index (χ4v) is 4.36. The SMILES string of the molecule is CNC1C(CN2CCCC(COC)C2)CCC1(C)C. The molecule has 0 spiro atoms. The van der Waals surface area contributed by atoms with Gasteiger partial charge in [-0.3, -0.25) is 0 Å². The Labute approximate surface area is 119 Å². The standard InChI is InChI=1S/C16H32N2O/c1-16(2)8-7-14(15(16)17-3)11-18-9-5-6-13(10-18)12-19-4/h13-15,17H,5-12H2,1-4H3. The topological polar surface area (TPSA) is 24.5 Å². The van der Waals surface area contributed by atoms with Gasteiger partial charge < -0.3 is 15.0 Å². The summed E-state index contributed by atoms with van der Waals surface area (Å²) in [6, 6.07) is 0.676. The Bertz CT molecular complexity index is 278. The molecule has 0 aromatic carbocycles. The highest BCUT2D eigenvalue weighted by atomic mass is 16.5. The zero-order valence-electron chi connectivity index (χ0n) is 13.2. The molecule has 3 heteroatoms. The van der Waals surface area contributed by atoms with Crippen LogP contribution in [0.3, 0.4) is 0 Å². The van der Waals surface area contributed by atoms with E-state index in [1.807, 2.05) is 7.11 Å². The first kappa shape index (κ1) is 15.3. The third kappa shape index (κ3) is 3.71. The van der Waals surface area contributed by atoms with Crippen LogP contribution in [0.2, 0.25) is 0 Å². The molecule has 1 saturated heterocycles. The second kappa shape index (κ2) is 6.55. The normalized spacial score (nSPS) is 35.7. The van der Waals surface area contributed by atoms with E-state index in [0.717, 1.165) is 18.4 Å². The predicted molar refractivity (Wildman–Crippen MR) is 80.4 cm³/mol. The maximum Gasteiger partial charge on any atom is 0.0502 e. The summed E-state index contributed by atoms with van der Waals surface area (Å²) < 4.78 is 5.34. The van der Waals surface area contributed by atoms with Crippen molar-refractivity contribution >= 4 is 0 Å². The van der Waals surface area contributed by atoms with E-state index in [1.165, 1.54) is 45.3 Å². The highest BCUT2D eigenvalue weighted by Crippen LogP contribution is 2.41. The number of hydrogen-bond acceptors (Lipinski definition) is 3. The van der Waals surface area contributed by atoms with Crippen LogP contribution >= 0.6 is 0 Å². The summed E-state index contributed by atoms with van der Waals surface area (Å²) in [6.45, 7) is 9.56. The maximum atomic E-state index is 5.34. The lowest BCUT2D eigenvalue weighted by Crippen LogP contribution is -2.46. The van der Waals surface area contributed by atoms with Crippen LogP contribution < -0.4 is 5.32 Å². The van der Waals surface area contributed by atoms with Gasteiger partial charge in [0.15, 0.2) is 0 Å². The molecule has 3 atom stereocenters. The zero-order valence-corrected chi connectivity index (χ0v) is 13.2. The lowest BCUT2D eigenvalue weighted by Gasteiger charge is -2.37. The number of nitrogens with zero attached hydrogens (tertiary/aromatic N) is 1. The van der Waals surface area contributed by atoms with Crippen molar-refractivity contribution in [2.24, 2.45) is 17.3 Å². The van der Waals surface area contributed by atoms with Gasteiger partial charge in [-0.1, -0.05) is 13.8 Å². The van der Waals surface area contributed by atoms with Gasteiger partial charge in [0, 0.05) is 26.2 Å². The minimum atomic E-state index is 0.459. The third-order valence-corrected chi connectivity index (χ3v) is 5.28. The molecule has 1 N–H and O–H groups in total. The van der Waals surface area contributed by atoms with Gasteiger partial charge in [0.2, 0.25) is 0 Å². The molecule has 0 aromatic rings. The van der Waals surface area contributed by atoms with Crippen molar-refractivity contribution in [3.63, 3.8) is 0 Å². The first-order valence-electron chi connectivity index (χ1n) is 7.95. The molecule has 112 valence electrons. The molecule has 0 aromatic heterocycles. The summed E-state index contributed by atoms with van der Waals surface area (Å²) in [6.07, 6.45) is 5.42. The molecule has 3 nitrogen and oxygen atoms in total. The highest BCUT2D eigenvalue weighted by molar-refractivity contribution is 4.96. The second-order valence-corrected chi connectivity index (χ2v) is 7.28. The van der Waals surface area contributed by atoms with Crippen molar-refractivity contribution < 1.29 is 4.74 Å². The summed E-state index contributed by atoms with van der Waals surface area (Å²) in [7, 11) is 3.96. The van der Waals surface area contributed by atoms with Crippen molar-refractivity contribution in [1.29, 1.82) is 0 Å². The van der Waals surface area contributed by atoms with E-state index in [9.17, 15) is 0 Å². The quantitative estimate of drug-likeness (QED) is 0.828. The van der Waals surface area contributed by atoms with Crippen LogP contribution in [0.25, 0.3) is 0 Å². The number of rotatable bonds is 5. The molecule has 2 rings (SSSR count). The van der Waals surface area contributed by atoms with Crippen molar-refractivity contribution in [2.45, 2.75) is 45.6 Å². The lowest BCUT2D eigenvalue weighted by molar-refractivity contribution is 0.0783. The summed E-state index contributed by atoms with van der Waals surface area (Å²) in [4.78, 5) is 2.68. The van der Waals surface area contributed by atoms with Crippen LogP contribution in [-0.4, -0.2) is 51.3 Å². The van der Waals surface area contributed by atoms with Crippen molar-refractivity contribution in [2.75, 3.05) is 40.4 Å². The summed E-state index contributed by atoms with van der Waals surface area (Å²) in [5.41, 5.74) is 0.459. The molecule has 19 heavy (non-hydrogen) atoms. The Kier molecular flexibility index (Phi) is 5.27. The Morgan fingerprint density at radius 2 is 2.11 bits per heavy atom. The van der Waals surface area contributed by atoms with Crippen LogP contribution in [0.1, 0.15) is 39.5 Å². The molecule has 0 amide bonds. The van der Waals surface area contributed by atoms with Gasteiger partial charge in [0.25, 0.3) is 0 Å². The fourth-order valence-electron chi connectivity index (χ4n) is 4.36. The Balaban J connectivity index is 1.87. The molecular formula is C16H32N2O. The first-order valence-corrected chi connectivity index (χ1v) is 7.95. The number of likely N-dealkylation sites (tertiary alicyclic amines) is 1. The summed E-state index contributed by atoms with van der Waals surface area (Å²) in [5, 5.41) is 3.58. The molecule has 0 radical (unpaired) electrons. The average molecular weight is 268 g/mol. The predicted octanol–water partition coefficient (Wildman–Crippen LogP) is 2.37. The van der Waals surface area contributed by atoms with Gasteiger partial charge in [0.05, 0.1) is 6.61 Å². The molecule has 2 fully saturated rings. The van der Waals surface area contributed by atoms with Gasteiger partial charge in [-0.05, 0) is 56.5 Å². The maximum absolute atomic E-state index is 5.34. The van der Waals surface area contributed by atoms with E-state index in [4.69, 9.17) is 4.74 Å². The minimum Gasteiger partial charge on any atom is -0.384 e. The van der Waals surface area contributed by atoms with Crippen LogP contribution in [-0.2, 0) is 4.74 Å². The summed E-state index contributed by atoms with van der Waals surface area (Å²) in [5.74, 6) is 1.57. The number of methoxy groups -OCH3 is 1. The number of hydrogen-bond donors (Lipinski definition) is 1. The van der Waals surface area contributed by atoms with Crippen molar-refractivity contribution in [3.8, 4) is 0 Å². The van der Waals surface area contributed by atoms with Gasteiger partial charge in [-0.25, -0.2) is 0 Å². The van der Waals surface area contributed by atoms with E-state index in [1.54, 1.807) is 0 Å². The van der Waals surface area contributed by atoms with Crippen LogP contribution in [0, 0.1) is 17.3 Å². The number of piperidine rings is 1. The molecule has 1 saturated carbocycles. The lowest BCUT2D eigenvalue weighted by atomic mass is 9.84. The Morgan fingerprint density at radius 3 is 2.79 bits per heavy atom. The molecular weight excluding hydrogens is 236 g/mol. The van der Waals surface area contributed by atoms with E-state index in [-0.39, 0.29) is 0 Å². The highest BCUT2D eigenvalue weighted by Gasteiger charge is 2.41.